The van der Waals surface area contributed by atoms with E-state index in [1.165, 1.54) is 4.90 Å². The molecular weight excluding hydrogens is 320 g/mol. The number of carboxylic acid groups (broad SMARTS) is 1. The van der Waals surface area contributed by atoms with Crippen molar-refractivity contribution < 1.29 is 19.5 Å². The van der Waals surface area contributed by atoms with E-state index in [4.69, 9.17) is 0 Å². The summed E-state index contributed by atoms with van der Waals surface area (Å²) >= 11 is 0. The maximum absolute atomic E-state index is 13.0. The molecule has 0 unspecified atom stereocenters. The van der Waals surface area contributed by atoms with E-state index < -0.39 is 23.7 Å². The smallest absolute Gasteiger partial charge is 0.304 e. The highest BCUT2D eigenvalue weighted by Crippen LogP contribution is 2.39. The molecule has 128 valence electrons. The van der Waals surface area contributed by atoms with Gasteiger partial charge in [-0.15, -0.1) is 0 Å². The zero-order valence-corrected chi connectivity index (χ0v) is 13.6. The molecular formula is C19H18N2O4. The molecule has 6 heteroatoms. The highest BCUT2D eigenvalue weighted by Gasteiger charge is 2.53. The predicted octanol–water partition coefficient (Wildman–Crippen LogP) is 1.80. The molecule has 25 heavy (non-hydrogen) atoms. The summed E-state index contributed by atoms with van der Waals surface area (Å²) in [7, 11) is 0. The highest BCUT2D eigenvalue weighted by molar-refractivity contribution is 6.10. The summed E-state index contributed by atoms with van der Waals surface area (Å²) in [5, 5.41) is 9.31. The molecule has 0 aliphatic carbocycles. The van der Waals surface area contributed by atoms with Crippen molar-refractivity contribution in [2.24, 2.45) is 0 Å². The SMILES string of the molecule is O=C(O)C[C@]1(c2ccccc2)CC(=O)N(CCc2ccccn2)C1=O. The fourth-order valence-electron chi connectivity index (χ4n) is 3.28. The normalized spacial score (nSPS) is 20.1. The molecule has 3 rings (SSSR count). The quantitative estimate of drug-likeness (QED) is 0.812. The number of carbonyl (C=O) groups is 3. The number of likely N-dealkylation sites (tertiary alicyclic amines) is 1. The second-order valence-electron chi connectivity index (χ2n) is 6.12. The number of carbonyl (C=O) groups excluding carboxylic acids is 2. The number of aromatic nitrogens is 1. The number of amides is 2. The number of rotatable bonds is 6. The lowest BCUT2D eigenvalue weighted by atomic mass is 9.76. The number of benzene rings is 1. The van der Waals surface area contributed by atoms with Crippen LogP contribution in [0.3, 0.4) is 0 Å². The number of pyridine rings is 1. The Bertz CT molecular complexity index is 792. The largest absolute Gasteiger partial charge is 0.481 e. The molecule has 1 aromatic carbocycles. The van der Waals surface area contributed by atoms with Crippen molar-refractivity contribution in [3.8, 4) is 0 Å². The van der Waals surface area contributed by atoms with E-state index in [9.17, 15) is 19.5 Å². The molecule has 1 aliphatic heterocycles. The number of carboxylic acids is 1. The van der Waals surface area contributed by atoms with Crippen LogP contribution in [0.25, 0.3) is 0 Å². The van der Waals surface area contributed by atoms with Crippen LogP contribution < -0.4 is 0 Å². The van der Waals surface area contributed by atoms with Gasteiger partial charge in [0.25, 0.3) is 0 Å². The number of hydrogen-bond donors (Lipinski definition) is 1. The Balaban J connectivity index is 1.87. The molecule has 0 spiro atoms. The first kappa shape index (κ1) is 16.8. The lowest BCUT2D eigenvalue weighted by Crippen LogP contribution is -2.40. The van der Waals surface area contributed by atoms with Gasteiger partial charge in [0.05, 0.1) is 11.8 Å². The van der Waals surface area contributed by atoms with Gasteiger partial charge in [0.1, 0.15) is 0 Å². The Kier molecular flexibility index (Phi) is 4.61. The summed E-state index contributed by atoms with van der Waals surface area (Å²) in [6, 6.07) is 14.1. The van der Waals surface area contributed by atoms with Crippen LogP contribution in [-0.2, 0) is 26.2 Å². The van der Waals surface area contributed by atoms with Gasteiger partial charge in [0.15, 0.2) is 0 Å². The lowest BCUT2D eigenvalue weighted by molar-refractivity contribution is -0.145. The van der Waals surface area contributed by atoms with Crippen LogP contribution in [-0.4, -0.2) is 39.3 Å². The Morgan fingerprint density at radius 2 is 1.84 bits per heavy atom. The Morgan fingerprint density at radius 1 is 1.12 bits per heavy atom. The molecule has 1 N–H and O–H groups in total. The Hall–Kier alpha value is -3.02. The Morgan fingerprint density at radius 3 is 2.48 bits per heavy atom. The molecule has 1 saturated heterocycles. The first-order valence-electron chi connectivity index (χ1n) is 8.05. The molecule has 2 aromatic rings. The first-order chi connectivity index (χ1) is 12.0. The van der Waals surface area contributed by atoms with Gasteiger partial charge in [-0.25, -0.2) is 0 Å². The third-order valence-electron chi connectivity index (χ3n) is 4.51. The van der Waals surface area contributed by atoms with Crippen molar-refractivity contribution in [3.05, 3.63) is 66.0 Å². The minimum Gasteiger partial charge on any atom is -0.481 e. The van der Waals surface area contributed by atoms with Gasteiger partial charge in [-0.3, -0.25) is 24.3 Å². The first-order valence-corrected chi connectivity index (χ1v) is 8.05. The van der Waals surface area contributed by atoms with Crippen LogP contribution in [0.2, 0.25) is 0 Å². The second kappa shape index (κ2) is 6.84. The van der Waals surface area contributed by atoms with Crippen molar-refractivity contribution in [1.82, 2.24) is 9.88 Å². The molecule has 6 nitrogen and oxygen atoms in total. The van der Waals surface area contributed by atoms with Gasteiger partial charge in [-0.05, 0) is 17.7 Å². The van der Waals surface area contributed by atoms with Crippen LogP contribution in [0, 0.1) is 0 Å². The number of imide groups is 1. The van der Waals surface area contributed by atoms with E-state index in [0.29, 0.717) is 12.0 Å². The Labute approximate surface area is 145 Å². The van der Waals surface area contributed by atoms with Crippen LogP contribution in [0.15, 0.2) is 54.7 Å². The topological polar surface area (TPSA) is 87.6 Å². The monoisotopic (exact) mass is 338 g/mol. The van der Waals surface area contributed by atoms with Crippen molar-refractivity contribution in [1.29, 1.82) is 0 Å². The molecule has 1 atom stereocenters. The third-order valence-corrected chi connectivity index (χ3v) is 4.51. The summed E-state index contributed by atoms with van der Waals surface area (Å²) in [4.78, 5) is 42.2. The van der Waals surface area contributed by atoms with Crippen LogP contribution in [0.4, 0.5) is 0 Å². The van der Waals surface area contributed by atoms with Gasteiger partial charge in [0.2, 0.25) is 11.8 Å². The van der Waals surface area contributed by atoms with E-state index in [2.05, 4.69) is 4.98 Å². The van der Waals surface area contributed by atoms with Crippen molar-refractivity contribution >= 4 is 17.8 Å². The van der Waals surface area contributed by atoms with Crippen molar-refractivity contribution in [2.75, 3.05) is 6.54 Å². The standard InChI is InChI=1S/C19H18N2O4/c22-16-12-19(13-17(23)24,14-6-2-1-3-7-14)18(25)21(16)11-9-15-8-4-5-10-20-15/h1-8,10H,9,11-13H2,(H,23,24)/t19-/m0/s1. The van der Waals surface area contributed by atoms with E-state index in [0.717, 1.165) is 5.69 Å². The van der Waals surface area contributed by atoms with E-state index in [1.54, 1.807) is 42.6 Å². The van der Waals surface area contributed by atoms with Gasteiger partial charge in [-0.2, -0.15) is 0 Å². The predicted molar refractivity (Wildman–Crippen MR) is 89.7 cm³/mol. The summed E-state index contributed by atoms with van der Waals surface area (Å²) < 4.78 is 0. The van der Waals surface area contributed by atoms with Gasteiger partial charge < -0.3 is 5.11 Å². The van der Waals surface area contributed by atoms with Crippen molar-refractivity contribution in [2.45, 2.75) is 24.7 Å². The number of aliphatic carboxylic acids is 1. The number of nitrogens with zero attached hydrogens (tertiary/aromatic N) is 2. The summed E-state index contributed by atoms with van der Waals surface area (Å²) in [6.07, 6.45) is 1.57. The van der Waals surface area contributed by atoms with Crippen LogP contribution >= 0.6 is 0 Å². The second-order valence-corrected chi connectivity index (χ2v) is 6.12. The maximum atomic E-state index is 13.0. The summed E-state index contributed by atoms with van der Waals surface area (Å²) in [5.74, 6) is -1.88. The third kappa shape index (κ3) is 3.28. The fourth-order valence-corrected chi connectivity index (χ4v) is 3.28. The van der Waals surface area contributed by atoms with Crippen molar-refractivity contribution in [3.63, 3.8) is 0 Å². The molecule has 1 fully saturated rings. The molecule has 1 aromatic heterocycles. The molecule has 2 amide bonds. The van der Waals surface area contributed by atoms with Gasteiger partial charge in [0, 0.05) is 31.3 Å². The average Bonchev–Trinajstić information content (AvgIpc) is 2.85. The maximum Gasteiger partial charge on any atom is 0.304 e. The highest BCUT2D eigenvalue weighted by atomic mass is 16.4. The lowest BCUT2D eigenvalue weighted by Gasteiger charge is -2.25. The molecule has 0 radical (unpaired) electrons. The molecule has 2 heterocycles. The van der Waals surface area contributed by atoms with Gasteiger partial charge >= 0.3 is 5.97 Å². The zero-order chi connectivity index (χ0) is 17.9. The zero-order valence-electron chi connectivity index (χ0n) is 13.6. The van der Waals surface area contributed by atoms with Crippen LogP contribution in [0.5, 0.6) is 0 Å². The van der Waals surface area contributed by atoms with Gasteiger partial charge in [-0.1, -0.05) is 36.4 Å². The minimum atomic E-state index is -1.33. The van der Waals surface area contributed by atoms with E-state index >= 15 is 0 Å². The minimum absolute atomic E-state index is 0.121. The summed E-state index contributed by atoms with van der Waals surface area (Å²) in [5.41, 5.74) is 0.0171. The molecule has 0 bridgehead atoms. The van der Waals surface area contributed by atoms with E-state index in [-0.39, 0.29) is 18.9 Å². The summed E-state index contributed by atoms with van der Waals surface area (Å²) in [6.45, 7) is 0.197. The number of hydrogen-bond acceptors (Lipinski definition) is 4. The molecule has 0 saturated carbocycles. The van der Waals surface area contributed by atoms with Crippen LogP contribution in [0.1, 0.15) is 24.1 Å². The molecule has 1 aliphatic rings. The average molecular weight is 338 g/mol. The van der Waals surface area contributed by atoms with E-state index in [1.807, 2.05) is 12.1 Å². The fraction of sp³-hybridized carbons (Fsp3) is 0.263.